The molecule has 2 aromatic carbocycles. The molecule has 1 aliphatic heterocycles. The lowest BCUT2D eigenvalue weighted by molar-refractivity contribution is -0.140. The monoisotopic (exact) mass is 523 g/mol. The van der Waals surface area contributed by atoms with Crippen molar-refractivity contribution in [3.63, 3.8) is 0 Å². The highest BCUT2D eigenvalue weighted by Crippen LogP contribution is 2.34. The summed E-state index contributed by atoms with van der Waals surface area (Å²) in [5.74, 6) is 0.0444. The average molecular weight is 524 g/mol. The molecule has 2 aromatic rings. The van der Waals surface area contributed by atoms with Crippen molar-refractivity contribution in [1.29, 1.82) is 0 Å². The lowest BCUT2D eigenvalue weighted by Crippen LogP contribution is -2.52. The Morgan fingerprint density at radius 1 is 1.09 bits per heavy atom. The van der Waals surface area contributed by atoms with Crippen molar-refractivity contribution in [3.05, 3.63) is 53.1 Å². The van der Waals surface area contributed by atoms with Crippen LogP contribution in [0, 0.1) is 0 Å². The highest BCUT2D eigenvalue weighted by atomic mass is 35.5. The number of rotatable bonds is 10. The summed E-state index contributed by atoms with van der Waals surface area (Å²) in [5, 5.41) is 3.20. The molecule has 0 aliphatic carbocycles. The molecule has 0 bridgehead atoms. The molecular weight excluding hydrogens is 494 g/mol. The summed E-state index contributed by atoms with van der Waals surface area (Å²) in [6.07, 6.45) is 1.36. The van der Waals surface area contributed by atoms with Crippen LogP contribution in [0.25, 0.3) is 0 Å². The topological polar surface area (TPSA) is 105 Å². The smallest absolute Gasteiger partial charge is 0.244 e. The second kappa shape index (κ2) is 11.6. The lowest BCUT2D eigenvalue weighted by atomic mass is 10.1. The van der Waals surface area contributed by atoms with Gasteiger partial charge < -0.3 is 19.7 Å². The fourth-order valence-electron chi connectivity index (χ4n) is 3.82. The van der Waals surface area contributed by atoms with Crippen LogP contribution in [-0.4, -0.2) is 63.7 Å². The molecule has 190 valence electrons. The van der Waals surface area contributed by atoms with Gasteiger partial charge in [0, 0.05) is 24.2 Å². The molecule has 3 rings (SSSR count). The van der Waals surface area contributed by atoms with Gasteiger partial charge in [-0.1, -0.05) is 36.7 Å². The zero-order valence-corrected chi connectivity index (χ0v) is 21.6. The minimum Gasteiger partial charge on any atom is -0.486 e. The van der Waals surface area contributed by atoms with Crippen molar-refractivity contribution in [3.8, 4) is 11.5 Å². The molecule has 1 aliphatic rings. The summed E-state index contributed by atoms with van der Waals surface area (Å²) in [7, 11) is -3.85. The van der Waals surface area contributed by atoms with E-state index in [1.807, 2.05) is 0 Å². The largest absolute Gasteiger partial charge is 0.486 e. The molecule has 1 heterocycles. The van der Waals surface area contributed by atoms with E-state index in [0.717, 1.165) is 10.6 Å². The van der Waals surface area contributed by atoms with Crippen LogP contribution >= 0.6 is 11.6 Å². The first kappa shape index (κ1) is 26.6. The van der Waals surface area contributed by atoms with Gasteiger partial charge in [-0.2, -0.15) is 0 Å². The van der Waals surface area contributed by atoms with Crippen LogP contribution in [0.15, 0.2) is 42.5 Å². The first-order valence-corrected chi connectivity index (χ1v) is 13.6. The van der Waals surface area contributed by atoms with Gasteiger partial charge in [0.2, 0.25) is 21.8 Å². The minimum absolute atomic E-state index is 0.0485. The minimum atomic E-state index is -3.85. The van der Waals surface area contributed by atoms with Crippen LogP contribution in [0.3, 0.4) is 0 Å². The number of carbonyl (C=O) groups is 2. The fraction of sp³-hybridized carbons (Fsp3) is 0.417. The van der Waals surface area contributed by atoms with Crippen LogP contribution in [0.1, 0.15) is 25.8 Å². The van der Waals surface area contributed by atoms with Crippen molar-refractivity contribution in [2.75, 3.05) is 36.9 Å². The third kappa shape index (κ3) is 6.58. The zero-order valence-electron chi connectivity index (χ0n) is 20.0. The maximum Gasteiger partial charge on any atom is 0.244 e. The third-order valence-electron chi connectivity index (χ3n) is 5.53. The van der Waals surface area contributed by atoms with Crippen molar-refractivity contribution < 1.29 is 27.5 Å². The Bertz CT molecular complexity index is 1170. The quantitative estimate of drug-likeness (QED) is 0.513. The maximum atomic E-state index is 13.6. The summed E-state index contributed by atoms with van der Waals surface area (Å²) < 4.78 is 37.5. The van der Waals surface area contributed by atoms with Crippen molar-refractivity contribution >= 4 is 39.1 Å². The number of fused-ring (bicyclic) bond motifs is 1. The van der Waals surface area contributed by atoms with Crippen LogP contribution in [0.5, 0.6) is 11.5 Å². The number of anilines is 1. The molecule has 11 heteroatoms. The number of hydrogen-bond acceptors (Lipinski definition) is 6. The van der Waals surface area contributed by atoms with Gasteiger partial charge in [0.05, 0.1) is 11.9 Å². The zero-order chi connectivity index (χ0) is 25.6. The molecule has 0 fully saturated rings. The van der Waals surface area contributed by atoms with Gasteiger partial charge in [-0.15, -0.1) is 0 Å². The fourth-order valence-corrected chi connectivity index (χ4v) is 4.86. The van der Waals surface area contributed by atoms with E-state index in [-0.39, 0.29) is 18.1 Å². The molecule has 35 heavy (non-hydrogen) atoms. The van der Waals surface area contributed by atoms with Gasteiger partial charge in [0.15, 0.2) is 11.5 Å². The molecule has 0 spiro atoms. The second-order valence-electron chi connectivity index (χ2n) is 8.03. The molecular formula is C24H30ClN3O6S. The Balaban J connectivity index is 1.96. The number of sulfonamides is 1. The molecule has 2 amide bonds. The summed E-state index contributed by atoms with van der Waals surface area (Å²) in [5.41, 5.74) is 0.907. The van der Waals surface area contributed by atoms with E-state index in [1.165, 1.54) is 11.0 Å². The summed E-state index contributed by atoms with van der Waals surface area (Å²) in [6.45, 7) is 4.27. The number of benzene rings is 2. The van der Waals surface area contributed by atoms with Crippen molar-refractivity contribution in [1.82, 2.24) is 10.2 Å². The van der Waals surface area contributed by atoms with E-state index in [9.17, 15) is 18.0 Å². The summed E-state index contributed by atoms with van der Waals surface area (Å²) >= 11 is 6.33. The Labute approximate surface area is 211 Å². The number of amides is 2. The Kier molecular flexibility index (Phi) is 8.85. The predicted molar refractivity (Wildman–Crippen MR) is 134 cm³/mol. The van der Waals surface area contributed by atoms with Gasteiger partial charge in [-0.05, 0) is 37.1 Å². The highest BCUT2D eigenvalue weighted by molar-refractivity contribution is 7.92. The number of carbonyl (C=O) groups excluding carboxylic acids is 2. The number of likely N-dealkylation sites (N-methyl/N-ethyl adjacent to an activating group) is 1. The van der Waals surface area contributed by atoms with E-state index in [1.54, 1.807) is 50.2 Å². The molecule has 1 atom stereocenters. The maximum absolute atomic E-state index is 13.6. The Morgan fingerprint density at radius 2 is 1.77 bits per heavy atom. The molecule has 0 aromatic heterocycles. The van der Waals surface area contributed by atoms with Crippen LogP contribution in [0.4, 0.5) is 5.69 Å². The SMILES string of the molecule is CCNC(=O)[C@@H](CC)N(Cc1ccccc1Cl)C(=O)CN(c1ccc2c(c1)OCCO2)S(C)(=O)=O. The number of ether oxygens (including phenoxy) is 2. The first-order chi connectivity index (χ1) is 16.7. The van der Waals surface area contributed by atoms with Crippen molar-refractivity contribution in [2.45, 2.75) is 32.9 Å². The Morgan fingerprint density at radius 3 is 2.40 bits per heavy atom. The van der Waals surface area contributed by atoms with Crippen LogP contribution in [-0.2, 0) is 26.2 Å². The second-order valence-corrected chi connectivity index (χ2v) is 10.3. The molecule has 9 nitrogen and oxygen atoms in total. The summed E-state index contributed by atoms with van der Waals surface area (Å²) in [6, 6.07) is 10.9. The molecule has 0 saturated carbocycles. The molecule has 1 N–H and O–H groups in total. The molecule has 0 unspecified atom stereocenters. The van der Waals surface area contributed by atoms with Gasteiger partial charge in [0.1, 0.15) is 25.8 Å². The van der Waals surface area contributed by atoms with Gasteiger partial charge in [0.25, 0.3) is 0 Å². The van der Waals surface area contributed by atoms with E-state index in [2.05, 4.69) is 5.32 Å². The number of nitrogens with zero attached hydrogens (tertiary/aromatic N) is 2. The van der Waals surface area contributed by atoms with E-state index >= 15 is 0 Å². The van der Waals surface area contributed by atoms with Gasteiger partial charge >= 0.3 is 0 Å². The van der Waals surface area contributed by atoms with Crippen molar-refractivity contribution in [2.24, 2.45) is 0 Å². The molecule has 0 radical (unpaired) electrons. The van der Waals surface area contributed by atoms with Crippen LogP contribution < -0.4 is 19.1 Å². The highest BCUT2D eigenvalue weighted by Gasteiger charge is 2.32. The van der Waals surface area contributed by atoms with E-state index < -0.39 is 28.5 Å². The molecule has 0 saturated heterocycles. The average Bonchev–Trinajstić information content (AvgIpc) is 2.82. The van der Waals surface area contributed by atoms with Gasteiger partial charge in [-0.3, -0.25) is 13.9 Å². The van der Waals surface area contributed by atoms with Gasteiger partial charge in [-0.25, -0.2) is 8.42 Å². The first-order valence-electron chi connectivity index (χ1n) is 11.3. The standard InChI is InChI=1S/C24H30ClN3O6S/c1-4-20(24(30)26-5-2)27(15-17-8-6-7-9-19(17)25)23(29)16-28(35(3,31)32)18-10-11-21-22(14-18)34-13-12-33-21/h6-11,14,20H,4-5,12-13,15-16H2,1-3H3,(H,26,30)/t20-/m1/s1. The van der Waals surface area contributed by atoms with E-state index in [4.69, 9.17) is 21.1 Å². The summed E-state index contributed by atoms with van der Waals surface area (Å²) in [4.78, 5) is 27.8. The normalized spacial score (nSPS) is 13.6. The number of halogens is 1. The predicted octanol–water partition coefficient (Wildman–Crippen LogP) is 2.82. The number of nitrogens with one attached hydrogen (secondary N) is 1. The number of hydrogen-bond donors (Lipinski definition) is 1. The van der Waals surface area contributed by atoms with E-state index in [0.29, 0.717) is 48.3 Å². The van der Waals surface area contributed by atoms with Crippen LogP contribution in [0.2, 0.25) is 5.02 Å². The lowest BCUT2D eigenvalue weighted by Gasteiger charge is -2.33. The third-order valence-corrected chi connectivity index (χ3v) is 7.04. The Hall–Kier alpha value is -2.98.